The molecule has 1 unspecified atom stereocenters. The average molecular weight is 422 g/mol. The zero-order valence-corrected chi connectivity index (χ0v) is 18.2. The molecule has 0 amide bonds. The van der Waals surface area contributed by atoms with Crippen molar-refractivity contribution in [3.8, 4) is 5.69 Å². The van der Waals surface area contributed by atoms with Gasteiger partial charge in [0.05, 0.1) is 23.1 Å². The number of H-pyrrole nitrogens is 1. The van der Waals surface area contributed by atoms with Crippen LogP contribution in [0.5, 0.6) is 0 Å². The van der Waals surface area contributed by atoms with Gasteiger partial charge in [-0.2, -0.15) is 9.78 Å². The van der Waals surface area contributed by atoms with Crippen LogP contribution in [0.2, 0.25) is 0 Å². The van der Waals surface area contributed by atoms with Gasteiger partial charge in [-0.1, -0.05) is 24.3 Å². The molecule has 0 radical (unpaired) electrons. The SMILES string of the molecule is CC[NH+](Cc1nc2ccccc2c(=O)[nH]1)Cn1ncn(-c2cc(C)ccc2C)c1=S. The topological polar surface area (TPSA) is 72.9 Å². The molecule has 30 heavy (non-hydrogen) atoms. The second-order valence-corrected chi connectivity index (χ2v) is 7.91. The Balaban J connectivity index is 1.59. The Morgan fingerprint density at radius 2 is 1.97 bits per heavy atom. The first-order valence-electron chi connectivity index (χ1n) is 10.00. The van der Waals surface area contributed by atoms with Gasteiger partial charge in [-0.15, -0.1) is 0 Å². The van der Waals surface area contributed by atoms with Crippen LogP contribution in [0, 0.1) is 18.6 Å². The lowest BCUT2D eigenvalue weighted by atomic mass is 10.1. The molecule has 0 spiro atoms. The minimum Gasteiger partial charge on any atom is -0.310 e. The van der Waals surface area contributed by atoms with E-state index >= 15 is 0 Å². The lowest BCUT2D eigenvalue weighted by Crippen LogP contribution is -3.09. The Bertz CT molecular complexity index is 1320. The van der Waals surface area contributed by atoms with E-state index in [1.54, 1.807) is 12.4 Å². The standard InChI is InChI=1S/C22H24N6OS/c1-4-26(12-20-24-18-8-6-5-7-17(18)21(29)25-20)14-28-22(30)27(13-23-28)19-11-15(2)9-10-16(19)3/h5-11,13H,4,12,14H2,1-3H3,(H,24,25,29)/p+1. The molecule has 0 saturated heterocycles. The number of aromatic amines is 1. The summed E-state index contributed by atoms with van der Waals surface area (Å²) in [5.74, 6) is 0.663. The predicted octanol–water partition coefficient (Wildman–Crippen LogP) is 2.32. The van der Waals surface area contributed by atoms with Crippen molar-refractivity contribution in [1.82, 2.24) is 24.3 Å². The monoisotopic (exact) mass is 421 g/mol. The van der Waals surface area contributed by atoms with Crippen LogP contribution in [0.25, 0.3) is 16.6 Å². The number of rotatable bonds is 6. The molecule has 0 fully saturated rings. The van der Waals surface area contributed by atoms with Gasteiger partial charge in [-0.3, -0.25) is 9.36 Å². The molecule has 0 saturated carbocycles. The minimum absolute atomic E-state index is 0.109. The number of benzene rings is 2. The van der Waals surface area contributed by atoms with Gasteiger partial charge in [-0.25, -0.2) is 4.98 Å². The second-order valence-electron chi connectivity index (χ2n) is 7.54. The van der Waals surface area contributed by atoms with Crippen molar-refractivity contribution in [2.24, 2.45) is 0 Å². The third-order valence-electron chi connectivity index (χ3n) is 5.31. The lowest BCUT2D eigenvalue weighted by Gasteiger charge is -2.17. The van der Waals surface area contributed by atoms with Crippen molar-refractivity contribution >= 4 is 23.1 Å². The summed E-state index contributed by atoms with van der Waals surface area (Å²) in [6, 6.07) is 13.7. The molecule has 1 atom stereocenters. The largest absolute Gasteiger partial charge is 0.310 e. The van der Waals surface area contributed by atoms with Crippen molar-refractivity contribution in [3.63, 3.8) is 0 Å². The fourth-order valence-corrected chi connectivity index (χ4v) is 3.81. The maximum atomic E-state index is 12.4. The Labute approximate surface area is 179 Å². The van der Waals surface area contributed by atoms with Crippen molar-refractivity contribution in [1.29, 1.82) is 0 Å². The summed E-state index contributed by atoms with van der Waals surface area (Å²) in [6.07, 6.45) is 1.77. The van der Waals surface area contributed by atoms with Gasteiger partial charge >= 0.3 is 0 Å². The van der Waals surface area contributed by atoms with Crippen LogP contribution in [0.3, 0.4) is 0 Å². The number of quaternary nitrogens is 1. The molecule has 2 aromatic carbocycles. The van der Waals surface area contributed by atoms with E-state index in [9.17, 15) is 4.79 Å². The summed E-state index contributed by atoms with van der Waals surface area (Å²) in [5.41, 5.74) is 3.97. The maximum Gasteiger partial charge on any atom is 0.258 e. The zero-order valence-electron chi connectivity index (χ0n) is 17.3. The number of para-hydroxylation sites is 1. The van der Waals surface area contributed by atoms with Crippen molar-refractivity contribution < 1.29 is 4.90 Å². The van der Waals surface area contributed by atoms with Crippen LogP contribution in [0.4, 0.5) is 0 Å². The van der Waals surface area contributed by atoms with Crippen molar-refractivity contribution in [3.05, 3.63) is 80.9 Å². The first-order valence-corrected chi connectivity index (χ1v) is 10.4. The Kier molecular flexibility index (Phi) is 5.61. The van der Waals surface area contributed by atoms with Gasteiger partial charge in [0.2, 0.25) is 4.77 Å². The van der Waals surface area contributed by atoms with E-state index in [1.165, 1.54) is 10.5 Å². The Morgan fingerprint density at radius 3 is 2.77 bits per heavy atom. The Hall–Kier alpha value is -3.10. The molecule has 0 aliphatic carbocycles. The minimum atomic E-state index is -0.109. The van der Waals surface area contributed by atoms with Crippen LogP contribution in [-0.2, 0) is 13.2 Å². The van der Waals surface area contributed by atoms with Crippen LogP contribution >= 0.6 is 12.2 Å². The highest BCUT2D eigenvalue weighted by molar-refractivity contribution is 7.71. The molecular weight excluding hydrogens is 396 g/mol. The molecular formula is C22H25N6OS+. The number of aromatic nitrogens is 5. The highest BCUT2D eigenvalue weighted by atomic mass is 32.1. The van der Waals surface area contributed by atoms with Gasteiger partial charge in [0.25, 0.3) is 5.56 Å². The molecule has 8 heteroatoms. The average Bonchev–Trinajstić information content (AvgIpc) is 3.09. The number of nitrogens with one attached hydrogen (secondary N) is 2. The maximum absolute atomic E-state index is 12.4. The quantitative estimate of drug-likeness (QED) is 0.469. The van der Waals surface area contributed by atoms with Gasteiger partial charge < -0.3 is 9.88 Å². The summed E-state index contributed by atoms with van der Waals surface area (Å²) in [7, 11) is 0. The molecule has 7 nitrogen and oxygen atoms in total. The van der Waals surface area contributed by atoms with Crippen LogP contribution in [0.15, 0.2) is 53.6 Å². The fraction of sp³-hybridized carbons (Fsp3) is 0.273. The van der Waals surface area contributed by atoms with E-state index in [0.29, 0.717) is 34.7 Å². The molecule has 2 N–H and O–H groups in total. The molecule has 4 rings (SSSR count). The van der Waals surface area contributed by atoms with E-state index in [2.05, 4.69) is 54.0 Å². The molecule has 0 bridgehead atoms. The molecule has 2 aromatic heterocycles. The summed E-state index contributed by atoms with van der Waals surface area (Å²) in [5, 5.41) is 5.13. The summed E-state index contributed by atoms with van der Waals surface area (Å²) < 4.78 is 4.42. The fourth-order valence-electron chi connectivity index (χ4n) is 3.55. The highest BCUT2D eigenvalue weighted by Crippen LogP contribution is 2.16. The molecule has 0 aliphatic rings. The van der Waals surface area contributed by atoms with Crippen LogP contribution in [0.1, 0.15) is 23.9 Å². The predicted molar refractivity (Wildman–Crippen MR) is 119 cm³/mol. The molecule has 4 aromatic rings. The van der Waals surface area contributed by atoms with Crippen LogP contribution in [-0.4, -0.2) is 30.9 Å². The number of aryl methyl sites for hydroxylation is 2. The van der Waals surface area contributed by atoms with E-state index in [-0.39, 0.29) is 5.56 Å². The molecule has 154 valence electrons. The first kappa shape index (κ1) is 20.2. The number of nitrogens with zero attached hydrogens (tertiary/aromatic N) is 4. The summed E-state index contributed by atoms with van der Waals surface area (Å²) in [4.78, 5) is 21.1. The van der Waals surface area contributed by atoms with Crippen molar-refractivity contribution in [2.75, 3.05) is 6.54 Å². The van der Waals surface area contributed by atoms with E-state index < -0.39 is 0 Å². The highest BCUT2D eigenvalue weighted by Gasteiger charge is 2.15. The van der Waals surface area contributed by atoms with E-state index in [1.807, 2.05) is 27.4 Å². The van der Waals surface area contributed by atoms with E-state index in [4.69, 9.17) is 12.2 Å². The van der Waals surface area contributed by atoms with Crippen LogP contribution < -0.4 is 10.5 Å². The third kappa shape index (κ3) is 3.96. The van der Waals surface area contributed by atoms with Gasteiger partial charge in [-0.05, 0) is 62.3 Å². The Morgan fingerprint density at radius 1 is 1.17 bits per heavy atom. The summed E-state index contributed by atoms with van der Waals surface area (Å²) >= 11 is 5.70. The lowest BCUT2D eigenvalue weighted by molar-refractivity contribution is -0.935. The van der Waals surface area contributed by atoms with Gasteiger partial charge in [0, 0.05) is 0 Å². The number of fused-ring (bicyclic) bond motifs is 1. The van der Waals surface area contributed by atoms with Crippen molar-refractivity contribution in [2.45, 2.75) is 34.0 Å². The van der Waals surface area contributed by atoms with Gasteiger partial charge in [0.15, 0.2) is 12.5 Å². The summed E-state index contributed by atoms with van der Waals surface area (Å²) in [6.45, 7) is 8.24. The second kappa shape index (κ2) is 8.33. The van der Waals surface area contributed by atoms with E-state index in [0.717, 1.165) is 17.8 Å². The third-order valence-corrected chi connectivity index (χ3v) is 5.72. The molecule has 2 heterocycles. The number of hydrogen-bond donors (Lipinski definition) is 2. The first-order chi connectivity index (χ1) is 14.5. The molecule has 0 aliphatic heterocycles. The zero-order chi connectivity index (χ0) is 21.3. The normalized spacial score (nSPS) is 12.4. The number of hydrogen-bond acceptors (Lipinski definition) is 4. The van der Waals surface area contributed by atoms with Gasteiger partial charge in [0.1, 0.15) is 12.9 Å². The smallest absolute Gasteiger partial charge is 0.258 e.